The molecule has 0 aromatic rings. The topological polar surface area (TPSA) is 33.7 Å². The molecule has 2 rings (SSSR count). The van der Waals surface area contributed by atoms with E-state index in [9.17, 15) is 4.79 Å². The van der Waals surface area contributed by atoms with E-state index in [4.69, 9.17) is 0 Å². The van der Waals surface area contributed by atoms with E-state index in [0.29, 0.717) is 18.2 Å². The van der Waals surface area contributed by atoms with Crippen LogP contribution in [0.4, 0.5) is 0 Å². The monoisotopic (exact) mass is 180 g/mol. The van der Waals surface area contributed by atoms with Crippen LogP contribution in [0.2, 0.25) is 0 Å². The highest BCUT2D eigenvalue weighted by atomic mass is 16.1. The summed E-state index contributed by atoms with van der Waals surface area (Å²) in [5.41, 5.74) is 1.11. The maximum Gasteiger partial charge on any atom is 0.164 e. The van der Waals surface area contributed by atoms with Gasteiger partial charge in [0.2, 0.25) is 0 Å². The Hall–Kier alpha value is -0.630. The molecule has 2 aliphatic rings. The van der Waals surface area contributed by atoms with Gasteiger partial charge in [-0.2, -0.15) is 0 Å². The van der Waals surface area contributed by atoms with E-state index in [1.165, 1.54) is 19.3 Å². The van der Waals surface area contributed by atoms with Gasteiger partial charge in [0.25, 0.3) is 0 Å². The second kappa shape index (κ2) is 3.62. The normalized spacial score (nSPS) is 32.5. The lowest BCUT2D eigenvalue weighted by Gasteiger charge is -2.09. The van der Waals surface area contributed by atoms with Crippen LogP contribution in [0.15, 0.2) is 11.6 Å². The second-order valence-corrected chi connectivity index (χ2v) is 4.15. The number of rotatable bonds is 2. The molecule has 1 saturated heterocycles. The van der Waals surface area contributed by atoms with Crippen molar-refractivity contribution < 1.29 is 10.1 Å². The number of allylic oxidation sites excluding steroid dienone is 1. The maximum absolute atomic E-state index is 11.6. The summed E-state index contributed by atoms with van der Waals surface area (Å²) >= 11 is 0. The van der Waals surface area contributed by atoms with Crippen molar-refractivity contribution in [3.8, 4) is 0 Å². The standard InChI is InChI=1S/C11H17NO/c1-2-11(13)9-5-3-4-8-6-7-10(9)12-8/h5,8,10,12H,2-4,6-7H2,1H3/p+1. The van der Waals surface area contributed by atoms with E-state index in [0.717, 1.165) is 18.0 Å². The summed E-state index contributed by atoms with van der Waals surface area (Å²) in [7, 11) is 0. The zero-order valence-corrected chi connectivity index (χ0v) is 8.25. The van der Waals surface area contributed by atoms with Crippen molar-refractivity contribution in [2.75, 3.05) is 0 Å². The molecule has 0 spiro atoms. The Kier molecular flexibility index (Phi) is 2.49. The number of carbonyl (C=O) groups is 1. The highest BCUT2D eigenvalue weighted by Gasteiger charge is 2.34. The minimum absolute atomic E-state index is 0.365. The zero-order chi connectivity index (χ0) is 9.26. The van der Waals surface area contributed by atoms with Crippen LogP contribution in [0.25, 0.3) is 0 Å². The van der Waals surface area contributed by atoms with Crippen LogP contribution in [-0.2, 0) is 4.79 Å². The third-order valence-electron chi connectivity index (χ3n) is 3.30. The average molecular weight is 180 g/mol. The summed E-state index contributed by atoms with van der Waals surface area (Å²) in [4.78, 5) is 11.6. The molecule has 2 N–H and O–H groups in total. The molecule has 2 bridgehead atoms. The number of Topliss-reactive ketones (excluding diaryl/α,β-unsaturated/α-hetero) is 1. The summed E-state index contributed by atoms with van der Waals surface area (Å²) in [6, 6.07) is 1.29. The molecule has 2 aliphatic heterocycles. The molecule has 0 aromatic heterocycles. The molecule has 0 amide bonds. The lowest BCUT2D eigenvalue weighted by molar-refractivity contribution is -0.692. The second-order valence-electron chi connectivity index (χ2n) is 4.15. The van der Waals surface area contributed by atoms with E-state index in [1.807, 2.05) is 6.92 Å². The fourth-order valence-electron chi connectivity index (χ4n) is 2.54. The first-order chi connectivity index (χ1) is 6.31. The third-order valence-corrected chi connectivity index (χ3v) is 3.30. The van der Waals surface area contributed by atoms with Crippen LogP contribution >= 0.6 is 0 Å². The predicted octanol–water partition coefficient (Wildman–Crippen LogP) is 0.780. The van der Waals surface area contributed by atoms with Gasteiger partial charge in [-0.25, -0.2) is 0 Å². The van der Waals surface area contributed by atoms with Gasteiger partial charge in [0.1, 0.15) is 6.04 Å². The molecule has 2 heteroatoms. The van der Waals surface area contributed by atoms with Crippen molar-refractivity contribution in [3.63, 3.8) is 0 Å². The summed E-state index contributed by atoms with van der Waals surface area (Å²) in [6.07, 6.45) is 7.74. The molecule has 13 heavy (non-hydrogen) atoms. The summed E-state index contributed by atoms with van der Waals surface area (Å²) in [5, 5.41) is 2.41. The van der Waals surface area contributed by atoms with E-state index < -0.39 is 0 Å². The highest BCUT2D eigenvalue weighted by molar-refractivity contribution is 5.96. The number of quaternary nitrogens is 1. The molecule has 0 radical (unpaired) electrons. The van der Waals surface area contributed by atoms with Gasteiger partial charge < -0.3 is 5.32 Å². The minimum Gasteiger partial charge on any atom is -0.338 e. The maximum atomic E-state index is 11.6. The Morgan fingerprint density at radius 3 is 3.15 bits per heavy atom. The Labute approximate surface area is 79.4 Å². The van der Waals surface area contributed by atoms with Crippen molar-refractivity contribution in [2.24, 2.45) is 0 Å². The van der Waals surface area contributed by atoms with Gasteiger partial charge in [0.15, 0.2) is 5.78 Å². The Bertz CT molecular complexity index is 244. The molecular formula is C11H18NO+. The highest BCUT2D eigenvalue weighted by Crippen LogP contribution is 2.21. The first kappa shape index (κ1) is 8.95. The number of ketones is 1. The van der Waals surface area contributed by atoms with Gasteiger partial charge in [0.05, 0.1) is 6.04 Å². The number of fused-ring (bicyclic) bond motifs is 2. The number of hydrogen-bond acceptors (Lipinski definition) is 1. The fourth-order valence-corrected chi connectivity index (χ4v) is 2.54. The molecular weight excluding hydrogens is 162 g/mol. The molecule has 0 saturated carbocycles. The van der Waals surface area contributed by atoms with Crippen molar-refractivity contribution >= 4 is 5.78 Å². The van der Waals surface area contributed by atoms with E-state index in [1.54, 1.807) is 0 Å². The van der Waals surface area contributed by atoms with Crippen LogP contribution in [-0.4, -0.2) is 17.9 Å². The first-order valence-electron chi connectivity index (χ1n) is 5.39. The fraction of sp³-hybridized carbons (Fsp3) is 0.727. The quantitative estimate of drug-likeness (QED) is 0.669. The Morgan fingerprint density at radius 2 is 2.38 bits per heavy atom. The molecule has 0 aromatic carbocycles. The van der Waals surface area contributed by atoms with Gasteiger partial charge in [0, 0.05) is 31.3 Å². The lowest BCUT2D eigenvalue weighted by Crippen LogP contribution is -2.91. The number of nitrogens with two attached hydrogens (primary N) is 1. The smallest absolute Gasteiger partial charge is 0.164 e. The van der Waals surface area contributed by atoms with E-state index >= 15 is 0 Å². The van der Waals surface area contributed by atoms with Crippen molar-refractivity contribution in [1.29, 1.82) is 0 Å². The molecule has 2 atom stereocenters. The molecule has 2 unspecified atom stereocenters. The molecule has 1 fully saturated rings. The van der Waals surface area contributed by atoms with Gasteiger partial charge in [-0.3, -0.25) is 4.79 Å². The van der Waals surface area contributed by atoms with Crippen LogP contribution in [0.1, 0.15) is 39.0 Å². The number of carbonyl (C=O) groups excluding carboxylic acids is 1. The van der Waals surface area contributed by atoms with Crippen LogP contribution in [0.3, 0.4) is 0 Å². The zero-order valence-electron chi connectivity index (χ0n) is 8.25. The molecule has 2 nitrogen and oxygen atoms in total. The summed E-state index contributed by atoms with van der Waals surface area (Å²) in [6.45, 7) is 1.96. The Morgan fingerprint density at radius 1 is 1.54 bits per heavy atom. The molecule has 0 aliphatic carbocycles. The SMILES string of the molecule is CCC(=O)C1=CCCC2CCC1[NH2+]2. The number of hydrogen-bond donors (Lipinski definition) is 1. The van der Waals surface area contributed by atoms with Gasteiger partial charge in [-0.05, 0) is 6.42 Å². The largest absolute Gasteiger partial charge is 0.338 e. The Balaban J connectivity index is 2.16. The van der Waals surface area contributed by atoms with Crippen molar-refractivity contribution in [2.45, 2.75) is 51.1 Å². The van der Waals surface area contributed by atoms with Gasteiger partial charge in [-0.15, -0.1) is 0 Å². The first-order valence-corrected chi connectivity index (χ1v) is 5.39. The average Bonchev–Trinajstić information content (AvgIpc) is 2.46. The van der Waals surface area contributed by atoms with Crippen LogP contribution < -0.4 is 5.32 Å². The van der Waals surface area contributed by atoms with Crippen LogP contribution in [0, 0.1) is 0 Å². The molecule has 72 valence electrons. The predicted molar refractivity (Wildman–Crippen MR) is 51.4 cm³/mol. The van der Waals surface area contributed by atoms with E-state index in [-0.39, 0.29) is 0 Å². The summed E-state index contributed by atoms with van der Waals surface area (Å²) < 4.78 is 0. The van der Waals surface area contributed by atoms with E-state index in [2.05, 4.69) is 11.4 Å². The minimum atomic E-state index is 0.365. The third kappa shape index (κ3) is 1.68. The van der Waals surface area contributed by atoms with Crippen molar-refractivity contribution in [3.05, 3.63) is 11.6 Å². The van der Waals surface area contributed by atoms with Crippen molar-refractivity contribution in [1.82, 2.24) is 0 Å². The van der Waals surface area contributed by atoms with Gasteiger partial charge >= 0.3 is 0 Å². The summed E-state index contributed by atoms with van der Waals surface area (Å²) in [5.74, 6) is 0.365. The van der Waals surface area contributed by atoms with Crippen LogP contribution in [0.5, 0.6) is 0 Å². The molecule has 2 heterocycles. The van der Waals surface area contributed by atoms with Gasteiger partial charge in [-0.1, -0.05) is 13.0 Å². The lowest BCUT2D eigenvalue weighted by atomic mass is 9.96.